The van der Waals surface area contributed by atoms with Crippen LogP contribution >= 0.6 is 0 Å². The van der Waals surface area contributed by atoms with Crippen molar-refractivity contribution in [1.82, 2.24) is 5.32 Å². The number of hydrogen-bond donors (Lipinski definition) is 1. The van der Waals surface area contributed by atoms with Crippen LogP contribution in [0, 0.1) is 5.92 Å². The molecule has 78 valence electrons. The third-order valence-electron chi connectivity index (χ3n) is 2.60. The largest absolute Gasteiger partial charge is 0.377 e. The van der Waals surface area contributed by atoms with Crippen molar-refractivity contribution < 1.29 is 9.13 Å². The zero-order valence-corrected chi connectivity index (χ0v) is 8.55. The molecule has 0 saturated carbocycles. The second-order valence-corrected chi connectivity index (χ2v) is 4.05. The maximum absolute atomic E-state index is 12.5. The van der Waals surface area contributed by atoms with Gasteiger partial charge in [-0.1, -0.05) is 13.8 Å². The van der Waals surface area contributed by atoms with Gasteiger partial charge in [0.1, 0.15) is 6.67 Å². The molecule has 0 amide bonds. The highest BCUT2D eigenvalue weighted by Crippen LogP contribution is 2.11. The summed E-state index contributed by atoms with van der Waals surface area (Å²) < 4.78 is 17.9. The summed E-state index contributed by atoms with van der Waals surface area (Å²) in [7, 11) is 0. The van der Waals surface area contributed by atoms with Crippen molar-refractivity contribution in [2.45, 2.75) is 38.8 Å². The Kier molecular flexibility index (Phi) is 4.67. The Hall–Kier alpha value is -0.150. The van der Waals surface area contributed by atoms with Crippen LogP contribution in [0.2, 0.25) is 0 Å². The molecule has 1 fully saturated rings. The first-order valence-corrected chi connectivity index (χ1v) is 5.15. The van der Waals surface area contributed by atoms with E-state index in [9.17, 15) is 4.39 Å². The van der Waals surface area contributed by atoms with Gasteiger partial charge in [-0.05, 0) is 18.8 Å². The Morgan fingerprint density at radius 2 is 2.31 bits per heavy atom. The second kappa shape index (κ2) is 5.55. The molecule has 1 rings (SSSR count). The van der Waals surface area contributed by atoms with Gasteiger partial charge in [0.2, 0.25) is 0 Å². The summed E-state index contributed by atoms with van der Waals surface area (Å²) in [5.74, 6) is 0.353. The van der Waals surface area contributed by atoms with Gasteiger partial charge in [0.05, 0.1) is 6.10 Å². The minimum absolute atomic E-state index is 0.0100. The summed E-state index contributed by atoms with van der Waals surface area (Å²) in [4.78, 5) is 0. The summed E-state index contributed by atoms with van der Waals surface area (Å²) in [6, 6.07) is -0.0100. The number of alkyl halides is 1. The molecule has 0 radical (unpaired) electrons. The smallest absolute Gasteiger partial charge is 0.105 e. The van der Waals surface area contributed by atoms with E-state index in [1.807, 2.05) is 13.8 Å². The lowest BCUT2D eigenvalue weighted by atomic mass is 10.1. The van der Waals surface area contributed by atoms with Crippen LogP contribution in [0.25, 0.3) is 0 Å². The normalized spacial score (nSPS) is 25.4. The van der Waals surface area contributed by atoms with Gasteiger partial charge in [-0.3, -0.25) is 0 Å². The van der Waals surface area contributed by atoms with E-state index >= 15 is 0 Å². The third kappa shape index (κ3) is 3.61. The van der Waals surface area contributed by atoms with Gasteiger partial charge >= 0.3 is 0 Å². The molecule has 1 saturated heterocycles. The molecule has 0 aromatic heterocycles. The van der Waals surface area contributed by atoms with Gasteiger partial charge in [0.25, 0.3) is 0 Å². The molecule has 2 atom stereocenters. The summed E-state index contributed by atoms with van der Waals surface area (Å²) >= 11 is 0. The van der Waals surface area contributed by atoms with E-state index in [1.54, 1.807) is 0 Å². The first-order chi connectivity index (χ1) is 6.24. The molecule has 1 aliphatic rings. The van der Waals surface area contributed by atoms with Crippen LogP contribution < -0.4 is 5.32 Å². The molecule has 3 heteroatoms. The van der Waals surface area contributed by atoms with Crippen molar-refractivity contribution >= 4 is 0 Å². The van der Waals surface area contributed by atoms with Gasteiger partial charge in [0.15, 0.2) is 0 Å². The fourth-order valence-electron chi connectivity index (χ4n) is 1.56. The summed E-state index contributed by atoms with van der Waals surface area (Å²) in [6.07, 6.45) is 2.58. The first-order valence-electron chi connectivity index (χ1n) is 5.15. The fraction of sp³-hybridized carbons (Fsp3) is 1.00. The van der Waals surface area contributed by atoms with E-state index in [4.69, 9.17) is 4.74 Å². The Bertz CT molecular complexity index is 135. The molecule has 0 bridgehead atoms. The molecule has 2 unspecified atom stereocenters. The van der Waals surface area contributed by atoms with Crippen LogP contribution in [0.4, 0.5) is 4.39 Å². The van der Waals surface area contributed by atoms with E-state index in [-0.39, 0.29) is 12.7 Å². The lowest BCUT2D eigenvalue weighted by Gasteiger charge is -2.21. The van der Waals surface area contributed by atoms with E-state index < -0.39 is 0 Å². The molecular formula is C10H20FNO. The van der Waals surface area contributed by atoms with Crippen LogP contribution in [0.3, 0.4) is 0 Å². The van der Waals surface area contributed by atoms with Crippen molar-refractivity contribution in [3.05, 3.63) is 0 Å². The highest BCUT2D eigenvalue weighted by molar-refractivity contribution is 4.74. The Morgan fingerprint density at radius 3 is 2.77 bits per heavy atom. The maximum atomic E-state index is 12.5. The molecule has 0 aromatic carbocycles. The van der Waals surface area contributed by atoms with E-state index in [1.165, 1.54) is 0 Å². The number of rotatable bonds is 5. The average molecular weight is 189 g/mol. The summed E-state index contributed by atoms with van der Waals surface area (Å²) in [6.45, 7) is 5.45. The van der Waals surface area contributed by atoms with Crippen LogP contribution in [0.5, 0.6) is 0 Å². The van der Waals surface area contributed by atoms with Crippen LogP contribution in [-0.4, -0.2) is 32.0 Å². The lowest BCUT2D eigenvalue weighted by Crippen LogP contribution is -2.40. The van der Waals surface area contributed by atoms with Crippen molar-refractivity contribution in [1.29, 1.82) is 0 Å². The second-order valence-electron chi connectivity index (χ2n) is 4.05. The zero-order valence-electron chi connectivity index (χ0n) is 8.55. The predicted octanol–water partition coefficient (Wildman–Crippen LogP) is 1.75. The monoisotopic (exact) mass is 189 g/mol. The number of hydrogen-bond acceptors (Lipinski definition) is 2. The zero-order chi connectivity index (χ0) is 9.68. The molecule has 0 aromatic rings. The number of nitrogens with one attached hydrogen (secondary N) is 1. The Labute approximate surface area is 79.8 Å². The van der Waals surface area contributed by atoms with E-state index in [0.717, 1.165) is 26.0 Å². The topological polar surface area (TPSA) is 21.3 Å². The van der Waals surface area contributed by atoms with Crippen molar-refractivity contribution in [3.63, 3.8) is 0 Å². The highest BCUT2D eigenvalue weighted by Gasteiger charge is 2.18. The maximum Gasteiger partial charge on any atom is 0.105 e. The molecule has 2 nitrogen and oxygen atoms in total. The Balaban J connectivity index is 2.15. The van der Waals surface area contributed by atoms with Gasteiger partial charge < -0.3 is 10.1 Å². The quantitative estimate of drug-likeness (QED) is 0.711. The molecule has 1 N–H and O–H groups in total. The van der Waals surface area contributed by atoms with Gasteiger partial charge in [-0.25, -0.2) is 4.39 Å². The van der Waals surface area contributed by atoms with E-state index in [0.29, 0.717) is 12.0 Å². The lowest BCUT2D eigenvalue weighted by molar-refractivity contribution is 0.104. The van der Waals surface area contributed by atoms with Crippen molar-refractivity contribution in [3.8, 4) is 0 Å². The summed E-state index contributed by atoms with van der Waals surface area (Å²) in [5.41, 5.74) is 0. The van der Waals surface area contributed by atoms with Crippen LogP contribution in [0.15, 0.2) is 0 Å². The van der Waals surface area contributed by atoms with Crippen molar-refractivity contribution in [2.75, 3.05) is 19.8 Å². The average Bonchev–Trinajstić information content (AvgIpc) is 2.57. The molecule has 13 heavy (non-hydrogen) atoms. The molecule has 0 aliphatic carbocycles. The number of halogens is 1. The van der Waals surface area contributed by atoms with Crippen molar-refractivity contribution in [2.24, 2.45) is 5.92 Å². The highest BCUT2D eigenvalue weighted by atomic mass is 19.1. The standard InChI is InChI=1S/C10H20FNO/c1-8(2)10(6-11)12-7-9-4-3-5-13-9/h8-10,12H,3-7H2,1-2H3. The minimum atomic E-state index is -0.287. The van der Waals surface area contributed by atoms with Gasteiger partial charge in [-0.15, -0.1) is 0 Å². The molecule has 0 spiro atoms. The SMILES string of the molecule is CC(C)C(CF)NCC1CCCO1. The third-order valence-corrected chi connectivity index (χ3v) is 2.60. The molecule has 1 heterocycles. The van der Waals surface area contributed by atoms with Crippen LogP contribution in [-0.2, 0) is 4.74 Å². The fourth-order valence-corrected chi connectivity index (χ4v) is 1.56. The first kappa shape index (κ1) is 10.9. The predicted molar refractivity (Wildman–Crippen MR) is 51.6 cm³/mol. The summed E-state index contributed by atoms with van der Waals surface area (Å²) in [5, 5.41) is 3.21. The van der Waals surface area contributed by atoms with Crippen LogP contribution in [0.1, 0.15) is 26.7 Å². The Morgan fingerprint density at radius 1 is 1.54 bits per heavy atom. The van der Waals surface area contributed by atoms with E-state index in [2.05, 4.69) is 5.32 Å². The van der Waals surface area contributed by atoms with Gasteiger partial charge in [0, 0.05) is 19.2 Å². The number of ether oxygens (including phenoxy) is 1. The molecular weight excluding hydrogens is 169 g/mol. The molecule has 1 aliphatic heterocycles. The van der Waals surface area contributed by atoms with Gasteiger partial charge in [-0.2, -0.15) is 0 Å². The minimum Gasteiger partial charge on any atom is -0.377 e.